The lowest BCUT2D eigenvalue weighted by atomic mass is 10.3. The van der Waals surface area contributed by atoms with E-state index >= 15 is 17.6 Å². The van der Waals surface area contributed by atoms with Gasteiger partial charge in [-0.2, -0.15) is 0 Å². The predicted molar refractivity (Wildman–Crippen MR) is 125 cm³/mol. The van der Waals surface area contributed by atoms with Crippen LogP contribution in [0.1, 0.15) is 0 Å². The van der Waals surface area contributed by atoms with Gasteiger partial charge in [-0.25, -0.2) is 17.6 Å². The molecule has 6 heteroatoms. The van der Waals surface area contributed by atoms with Crippen LogP contribution in [0.5, 0.6) is 0 Å². The topological polar surface area (TPSA) is 0 Å². The lowest BCUT2D eigenvalue weighted by Crippen LogP contribution is -2.92. The van der Waals surface area contributed by atoms with Gasteiger partial charge in [0.05, 0.1) is 0 Å². The normalized spacial score (nSPS) is 16.4. The van der Waals surface area contributed by atoms with Crippen LogP contribution in [0.2, 0.25) is 12.1 Å². The number of halogens is 4. The Balaban J connectivity index is 1.96. The third kappa shape index (κ3) is 2.79. The Morgan fingerprint density at radius 1 is 0.375 bits per heavy atom. The Morgan fingerprint density at radius 3 is 0.781 bits per heavy atom. The molecule has 0 bridgehead atoms. The molecular formula is C26H20F4Si2. The minimum absolute atomic E-state index is 0.425. The smallest absolute Gasteiger partial charge is 0.128 e. The molecule has 160 valence electrons. The van der Waals surface area contributed by atoms with Crippen LogP contribution >= 0.6 is 0 Å². The van der Waals surface area contributed by atoms with Gasteiger partial charge in [0.1, 0.15) is 38.5 Å². The van der Waals surface area contributed by atoms with E-state index in [-0.39, 0.29) is 0 Å². The van der Waals surface area contributed by atoms with Gasteiger partial charge in [0, 0.05) is 0 Å². The molecule has 1 aliphatic heterocycles. The molecule has 1 heterocycles. The Morgan fingerprint density at radius 2 is 0.594 bits per heavy atom. The van der Waals surface area contributed by atoms with Crippen LogP contribution < -0.4 is 20.7 Å². The van der Waals surface area contributed by atoms with E-state index in [1.54, 1.807) is 72.8 Å². The summed E-state index contributed by atoms with van der Waals surface area (Å²) in [7, 11) is -6.60. The number of rotatable bonds is 4. The molecule has 0 unspecified atom stereocenters. The summed E-state index contributed by atoms with van der Waals surface area (Å²) in [6.45, 7) is 0. The van der Waals surface area contributed by atoms with Crippen molar-refractivity contribution < 1.29 is 17.6 Å². The maximum absolute atomic E-state index is 15.4. The van der Waals surface area contributed by atoms with Crippen LogP contribution in [-0.2, 0) is 0 Å². The SMILES string of the molecule is Fc1ccccc1[Si]1(c2ccccc2F)CC[Si]1(c1ccccc1F)c1ccccc1F. The largest absolute Gasteiger partial charge is 0.207 e. The highest BCUT2D eigenvalue weighted by molar-refractivity contribution is 7.63. The summed E-state index contributed by atoms with van der Waals surface area (Å²) < 4.78 is 61.8. The van der Waals surface area contributed by atoms with E-state index in [0.717, 1.165) is 0 Å². The van der Waals surface area contributed by atoms with E-state index in [1.807, 2.05) is 0 Å². The van der Waals surface area contributed by atoms with Crippen molar-refractivity contribution in [1.82, 2.24) is 0 Å². The van der Waals surface area contributed by atoms with Crippen molar-refractivity contribution in [2.75, 3.05) is 0 Å². The zero-order valence-corrected chi connectivity index (χ0v) is 19.2. The van der Waals surface area contributed by atoms with E-state index in [2.05, 4.69) is 0 Å². The maximum atomic E-state index is 15.4. The summed E-state index contributed by atoms with van der Waals surface area (Å²) in [4.78, 5) is 0. The summed E-state index contributed by atoms with van der Waals surface area (Å²) >= 11 is 0. The molecular weight excluding hydrogens is 444 g/mol. The molecule has 0 radical (unpaired) electrons. The van der Waals surface area contributed by atoms with Crippen molar-refractivity contribution in [1.29, 1.82) is 0 Å². The summed E-state index contributed by atoms with van der Waals surface area (Å²) in [5.74, 6) is -1.75. The number of benzene rings is 4. The summed E-state index contributed by atoms with van der Waals surface area (Å²) in [5.41, 5.74) is 0. The monoisotopic (exact) mass is 464 g/mol. The van der Waals surface area contributed by atoms with E-state index in [4.69, 9.17) is 0 Å². The minimum atomic E-state index is -3.30. The van der Waals surface area contributed by atoms with E-state index in [1.165, 1.54) is 24.3 Å². The number of hydrogen-bond acceptors (Lipinski definition) is 0. The van der Waals surface area contributed by atoms with Gasteiger partial charge in [-0.1, -0.05) is 84.9 Å². The molecule has 0 aromatic heterocycles. The highest BCUT2D eigenvalue weighted by atomic mass is 29.3. The highest BCUT2D eigenvalue weighted by Gasteiger charge is 2.68. The molecule has 4 aromatic rings. The maximum Gasteiger partial charge on any atom is 0.128 e. The van der Waals surface area contributed by atoms with Crippen molar-refractivity contribution in [3.63, 3.8) is 0 Å². The fourth-order valence-corrected chi connectivity index (χ4v) is 25.5. The molecule has 0 spiro atoms. The van der Waals surface area contributed by atoms with Crippen LogP contribution in [0, 0.1) is 23.3 Å². The Bertz CT molecular complexity index is 1110. The first-order valence-corrected chi connectivity index (χ1v) is 15.9. The van der Waals surface area contributed by atoms with E-state index in [9.17, 15) is 0 Å². The molecule has 0 nitrogen and oxygen atoms in total. The molecule has 0 atom stereocenters. The van der Waals surface area contributed by atoms with E-state index in [0.29, 0.717) is 32.8 Å². The fourth-order valence-electron chi connectivity index (χ4n) is 5.60. The molecule has 1 fully saturated rings. The predicted octanol–water partition coefficient (Wildman–Crippen LogP) is 4.16. The van der Waals surface area contributed by atoms with Gasteiger partial charge in [-0.15, -0.1) is 0 Å². The van der Waals surface area contributed by atoms with Crippen molar-refractivity contribution >= 4 is 35.9 Å². The van der Waals surface area contributed by atoms with Gasteiger partial charge in [0.25, 0.3) is 0 Å². The molecule has 4 aromatic carbocycles. The second-order valence-corrected chi connectivity index (χ2v) is 20.1. The van der Waals surface area contributed by atoms with Crippen LogP contribution in [0.25, 0.3) is 0 Å². The first-order valence-electron chi connectivity index (χ1n) is 10.5. The third-order valence-corrected chi connectivity index (χ3v) is 25.3. The van der Waals surface area contributed by atoms with Gasteiger partial charge < -0.3 is 0 Å². The summed E-state index contributed by atoms with van der Waals surface area (Å²) in [5, 5.41) is 1.70. The lowest BCUT2D eigenvalue weighted by molar-refractivity contribution is 0.628. The molecule has 1 saturated heterocycles. The molecule has 0 saturated carbocycles. The van der Waals surface area contributed by atoms with Gasteiger partial charge >= 0.3 is 0 Å². The zero-order chi connectivity index (χ0) is 22.3. The van der Waals surface area contributed by atoms with Crippen molar-refractivity contribution in [3.8, 4) is 0 Å². The minimum Gasteiger partial charge on any atom is -0.207 e. The summed E-state index contributed by atoms with van der Waals surface area (Å²) in [6.07, 6.45) is 0. The van der Waals surface area contributed by atoms with Gasteiger partial charge in [0.2, 0.25) is 0 Å². The van der Waals surface area contributed by atoms with Gasteiger partial charge in [-0.05, 0) is 45.0 Å². The van der Waals surface area contributed by atoms with Crippen molar-refractivity contribution in [3.05, 3.63) is 120 Å². The van der Waals surface area contributed by atoms with Crippen LogP contribution in [-0.4, -0.2) is 15.2 Å². The van der Waals surface area contributed by atoms with Gasteiger partial charge in [-0.3, -0.25) is 0 Å². The van der Waals surface area contributed by atoms with Crippen LogP contribution in [0.3, 0.4) is 0 Å². The molecule has 0 aliphatic carbocycles. The third-order valence-electron chi connectivity index (χ3n) is 6.94. The zero-order valence-electron chi connectivity index (χ0n) is 17.2. The first kappa shape index (κ1) is 20.9. The molecule has 32 heavy (non-hydrogen) atoms. The van der Waals surface area contributed by atoms with Crippen molar-refractivity contribution in [2.45, 2.75) is 12.1 Å². The second kappa shape index (κ2) is 7.87. The molecule has 0 amide bonds. The molecule has 5 rings (SSSR count). The Kier molecular flexibility index (Phi) is 5.14. The fraction of sp³-hybridized carbons (Fsp3) is 0.0769. The van der Waals surface area contributed by atoms with Crippen LogP contribution in [0.4, 0.5) is 17.6 Å². The molecule has 1 aliphatic rings. The Labute approximate surface area is 186 Å². The standard InChI is InChI=1S/C26H20F4Si2/c27-19-9-1-5-13-23(19)31(24-14-6-2-10-20(24)28)17-18-32(31,25-15-7-3-11-21(25)29)26-16-8-4-12-22(26)30/h1-16H,17-18H2. The van der Waals surface area contributed by atoms with Gasteiger partial charge in [0.15, 0.2) is 0 Å². The van der Waals surface area contributed by atoms with Crippen LogP contribution in [0.15, 0.2) is 97.1 Å². The summed E-state index contributed by atoms with van der Waals surface area (Å²) in [6, 6.07) is 26.6. The number of hydrogen-bond donors (Lipinski definition) is 0. The van der Waals surface area contributed by atoms with Crippen molar-refractivity contribution in [2.24, 2.45) is 0 Å². The average Bonchev–Trinajstić information content (AvgIpc) is 2.79. The average molecular weight is 465 g/mol. The quantitative estimate of drug-likeness (QED) is 0.314. The first-order chi connectivity index (χ1) is 15.5. The lowest BCUT2D eigenvalue weighted by Gasteiger charge is -2.57. The highest BCUT2D eigenvalue weighted by Crippen LogP contribution is 2.41. The molecule has 0 N–H and O–H groups in total. The second-order valence-electron chi connectivity index (χ2n) is 8.23. The Hall–Kier alpha value is -2.97. The van der Waals surface area contributed by atoms with E-state index < -0.39 is 38.5 Å².